The van der Waals surface area contributed by atoms with E-state index in [9.17, 15) is 9.18 Å². The molecule has 2 aromatic rings. The molecule has 0 saturated carbocycles. The van der Waals surface area contributed by atoms with Gasteiger partial charge in [0, 0.05) is 39.1 Å². The number of urea groups is 1. The first kappa shape index (κ1) is 20.5. The summed E-state index contributed by atoms with van der Waals surface area (Å²) in [6, 6.07) is 6.76. The van der Waals surface area contributed by atoms with E-state index >= 15 is 0 Å². The van der Waals surface area contributed by atoms with Crippen LogP contribution in [0.25, 0.3) is 0 Å². The van der Waals surface area contributed by atoms with Crippen molar-refractivity contribution in [3.63, 3.8) is 0 Å². The number of benzene rings is 1. The van der Waals surface area contributed by atoms with Crippen LogP contribution in [0.4, 0.5) is 26.6 Å². The second-order valence-corrected chi connectivity index (χ2v) is 5.78. The van der Waals surface area contributed by atoms with E-state index in [0.717, 1.165) is 0 Å². The summed E-state index contributed by atoms with van der Waals surface area (Å²) in [4.78, 5) is 22.6. The number of carbonyl (C=O) groups is 1. The Balaban J connectivity index is 2.29. The molecule has 0 aliphatic carbocycles. The summed E-state index contributed by atoms with van der Waals surface area (Å²) in [5.41, 5.74) is 0.473. The van der Waals surface area contributed by atoms with Crippen LogP contribution in [0.15, 0.2) is 36.5 Å². The average Bonchev–Trinajstić information content (AvgIpc) is 2.64. The van der Waals surface area contributed by atoms with Crippen LogP contribution in [0.5, 0.6) is 0 Å². The zero-order valence-electron chi connectivity index (χ0n) is 15.6. The van der Waals surface area contributed by atoms with Crippen LogP contribution in [-0.2, 0) is 9.47 Å². The standard InChI is InChI=1S/C18H24FN5O3/c1-13(12-27-3)22-17-20-9-8-16(23-17)24(18(25)21-10-11-26-2)15-6-4-14(19)5-7-15/h4-9,13H,10-12H2,1-3H3,(H,21,25)(H,20,22,23)/t13-/m0/s1. The van der Waals surface area contributed by atoms with E-state index in [2.05, 4.69) is 20.6 Å². The third kappa shape index (κ3) is 6.15. The van der Waals surface area contributed by atoms with Gasteiger partial charge in [0.25, 0.3) is 0 Å². The van der Waals surface area contributed by atoms with Gasteiger partial charge in [-0.15, -0.1) is 0 Å². The zero-order chi connectivity index (χ0) is 19.6. The Labute approximate surface area is 157 Å². The van der Waals surface area contributed by atoms with Gasteiger partial charge in [0.2, 0.25) is 5.95 Å². The number of aromatic nitrogens is 2. The number of nitrogens with one attached hydrogen (secondary N) is 2. The number of rotatable bonds is 9. The number of carbonyl (C=O) groups excluding carboxylic acids is 1. The maximum Gasteiger partial charge on any atom is 0.327 e. The number of halogens is 1. The third-order valence-electron chi connectivity index (χ3n) is 3.53. The van der Waals surface area contributed by atoms with Gasteiger partial charge < -0.3 is 20.1 Å². The molecule has 0 aliphatic rings. The predicted octanol–water partition coefficient (Wildman–Crippen LogP) is 2.56. The molecule has 0 unspecified atom stereocenters. The Hall–Kier alpha value is -2.78. The quantitative estimate of drug-likeness (QED) is 0.653. The number of hydrogen-bond acceptors (Lipinski definition) is 6. The van der Waals surface area contributed by atoms with Crippen molar-refractivity contribution in [2.75, 3.05) is 44.2 Å². The van der Waals surface area contributed by atoms with Crippen molar-refractivity contribution in [1.82, 2.24) is 15.3 Å². The van der Waals surface area contributed by atoms with Crippen LogP contribution >= 0.6 is 0 Å². The molecule has 0 saturated heterocycles. The molecule has 0 radical (unpaired) electrons. The molecule has 2 N–H and O–H groups in total. The lowest BCUT2D eigenvalue weighted by Gasteiger charge is -2.23. The molecule has 1 aromatic carbocycles. The minimum atomic E-state index is -0.409. The van der Waals surface area contributed by atoms with Gasteiger partial charge in [-0.05, 0) is 31.2 Å². The fourth-order valence-corrected chi connectivity index (χ4v) is 2.34. The number of hydrogen-bond donors (Lipinski definition) is 2. The summed E-state index contributed by atoms with van der Waals surface area (Å²) in [6.07, 6.45) is 1.54. The maximum atomic E-state index is 13.3. The van der Waals surface area contributed by atoms with Gasteiger partial charge in [-0.2, -0.15) is 4.98 Å². The summed E-state index contributed by atoms with van der Waals surface area (Å²) < 4.78 is 23.3. The summed E-state index contributed by atoms with van der Waals surface area (Å²) in [5, 5.41) is 5.85. The molecule has 27 heavy (non-hydrogen) atoms. The van der Waals surface area contributed by atoms with E-state index in [1.54, 1.807) is 26.5 Å². The van der Waals surface area contributed by atoms with Gasteiger partial charge in [-0.25, -0.2) is 19.1 Å². The topological polar surface area (TPSA) is 88.6 Å². The van der Waals surface area contributed by atoms with E-state index in [-0.39, 0.29) is 6.04 Å². The monoisotopic (exact) mass is 377 g/mol. The fourth-order valence-electron chi connectivity index (χ4n) is 2.34. The number of nitrogens with zero attached hydrogens (tertiary/aromatic N) is 3. The predicted molar refractivity (Wildman–Crippen MR) is 101 cm³/mol. The fraction of sp³-hybridized carbons (Fsp3) is 0.389. The van der Waals surface area contributed by atoms with Crippen molar-refractivity contribution in [3.8, 4) is 0 Å². The molecule has 1 heterocycles. The largest absolute Gasteiger partial charge is 0.383 e. The van der Waals surface area contributed by atoms with E-state index in [1.165, 1.54) is 29.2 Å². The minimum absolute atomic E-state index is 0.0138. The summed E-state index contributed by atoms with van der Waals surface area (Å²) in [5.74, 6) is 0.310. The Morgan fingerprint density at radius 2 is 1.96 bits per heavy atom. The van der Waals surface area contributed by atoms with E-state index in [4.69, 9.17) is 9.47 Å². The van der Waals surface area contributed by atoms with Crippen molar-refractivity contribution in [2.45, 2.75) is 13.0 Å². The Morgan fingerprint density at radius 1 is 1.22 bits per heavy atom. The van der Waals surface area contributed by atoms with Crippen LogP contribution in [0.2, 0.25) is 0 Å². The molecule has 0 fully saturated rings. The second kappa shape index (κ2) is 10.4. The lowest BCUT2D eigenvalue weighted by Crippen LogP contribution is -2.39. The van der Waals surface area contributed by atoms with Gasteiger partial charge in [-0.1, -0.05) is 0 Å². The summed E-state index contributed by atoms with van der Waals surface area (Å²) in [6.45, 7) is 3.10. The summed E-state index contributed by atoms with van der Waals surface area (Å²) >= 11 is 0. The number of methoxy groups -OCH3 is 2. The summed E-state index contributed by atoms with van der Waals surface area (Å²) in [7, 11) is 3.16. The first-order valence-corrected chi connectivity index (χ1v) is 8.46. The van der Waals surface area contributed by atoms with Gasteiger partial charge in [0.15, 0.2) is 0 Å². The molecular weight excluding hydrogens is 353 g/mol. The van der Waals surface area contributed by atoms with Crippen molar-refractivity contribution in [2.24, 2.45) is 0 Å². The van der Waals surface area contributed by atoms with Gasteiger partial charge in [0.05, 0.1) is 18.9 Å². The third-order valence-corrected chi connectivity index (χ3v) is 3.53. The maximum absolute atomic E-state index is 13.3. The molecule has 0 aliphatic heterocycles. The van der Waals surface area contributed by atoms with Gasteiger partial charge >= 0.3 is 6.03 Å². The molecule has 0 spiro atoms. The number of amides is 2. The molecule has 0 bridgehead atoms. The van der Waals surface area contributed by atoms with Crippen LogP contribution < -0.4 is 15.5 Å². The van der Waals surface area contributed by atoms with Crippen LogP contribution in [0, 0.1) is 5.82 Å². The second-order valence-electron chi connectivity index (χ2n) is 5.78. The first-order chi connectivity index (χ1) is 13.0. The zero-order valence-corrected chi connectivity index (χ0v) is 15.6. The molecule has 2 rings (SSSR count). The minimum Gasteiger partial charge on any atom is -0.383 e. The first-order valence-electron chi connectivity index (χ1n) is 8.46. The molecule has 146 valence electrons. The van der Waals surface area contributed by atoms with E-state index < -0.39 is 11.8 Å². The highest BCUT2D eigenvalue weighted by molar-refractivity contribution is 5.98. The molecule has 8 nitrogen and oxygen atoms in total. The van der Waals surface area contributed by atoms with E-state index in [1.807, 2.05) is 6.92 Å². The number of anilines is 3. The number of ether oxygens (including phenoxy) is 2. The molecular formula is C18H24FN5O3. The molecule has 1 atom stereocenters. The van der Waals surface area contributed by atoms with E-state index in [0.29, 0.717) is 37.2 Å². The molecule has 1 aromatic heterocycles. The van der Waals surface area contributed by atoms with Crippen LogP contribution in [0.3, 0.4) is 0 Å². The van der Waals surface area contributed by atoms with Gasteiger partial charge in [0.1, 0.15) is 11.6 Å². The molecule has 9 heteroatoms. The van der Waals surface area contributed by atoms with Crippen molar-refractivity contribution < 1.29 is 18.7 Å². The molecule has 2 amide bonds. The SMILES string of the molecule is COCCNC(=O)N(c1ccc(F)cc1)c1ccnc(N[C@@H](C)COC)n1. The lowest BCUT2D eigenvalue weighted by molar-refractivity contribution is 0.190. The Bertz CT molecular complexity index is 729. The van der Waals surface area contributed by atoms with Gasteiger partial charge in [-0.3, -0.25) is 0 Å². The highest BCUT2D eigenvalue weighted by Gasteiger charge is 2.20. The van der Waals surface area contributed by atoms with Crippen molar-refractivity contribution >= 4 is 23.5 Å². The van der Waals surface area contributed by atoms with Crippen LogP contribution in [0.1, 0.15) is 6.92 Å². The van der Waals surface area contributed by atoms with Crippen molar-refractivity contribution in [1.29, 1.82) is 0 Å². The average molecular weight is 377 g/mol. The lowest BCUT2D eigenvalue weighted by atomic mass is 10.3. The Kier molecular flexibility index (Phi) is 7.90. The highest BCUT2D eigenvalue weighted by atomic mass is 19.1. The van der Waals surface area contributed by atoms with Crippen LogP contribution in [-0.4, -0.2) is 56.0 Å². The Morgan fingerprint density at radius 3 is 2.63 bits per heavy atom. The highest BCUT2D eigenvalue weighted by Crippen LogP contribution is 2.24. The normalized spacial score (nSPS) is 11.7. The van der Waals surface area contributed by atoms with Crippen molar-refractivity contribution in [3.05, 3.63) is 42.3 Å². The smallest absolute Gasteiger partial charge is 0.327 e.